The van der Waals surface area contributed by atoms with Crippen LogP contribution in [0.4, 0.5) is 0 Å². The number of carbonyl (C=O) groups excluding carboxylic acids is 4. The van der Waals surface area contributed by atoms with Crippen molar-refractivity contribution in [3.63, 3.8) is 0 Å². The van der Waals surface area contributed by atoms with Crippen LogP contribution < -0.4 is 0 Å². The van der Waals surface area contributed by atoms with E-state index in [2.05, 4.69) is 40.7 Å². The van der Waals surface area contributed by atoms with Crippen molar-refractivity contribution in [1.29, 1.82) is 0 Å². The van der Waals surface area contributed by atoms with E-state index in [-0.39, 0.29) is 52.5 Å². The van der Waals surface area contributed by atoms with Crippen molar-refractivity contribution >= 4 is 23.9 Å². The number of methoxy groups -OCH3 is 1. The largest absolute Gasteiger partial charge is 0.469 e. The molecule has 12 atom stereocenters. The van der Waals surface area contributed by atoms with Gasteiger partial charge in [0.15, 0.2) is 0 Å². The Morgan fingerprint density at radius 1 is 0.844 bits per heavy atom. The lowest BCUT2D eigenvalue weighted by molar-refractivity contribution is -0.256. The van der Waals surface area contributed by atoms with Gasteiger partial charge in [-0.2, -0.15) is 0 Å². The number of carbonyl (C=O) groups is 4. The van der Waals surface area contributed by atoms with Crippen LogP contribution in [0.15, 0.2) is 11.6 Å². The fraction of sp³-hybridized carbons (Fsp3) is 0.838. The Morgan fingerprint density at radius 2 is 1.51 bits per heavy atom. The molecule has 0 spiro atoms. The molecule has 0 bridgehead atoms. The molecule has 8 nitrogen and oxygen atoms in total. The number of fused-ring (bicyclic) bond motifs is 7. The summed E-state index contributed by atoms with van der Waals surface area (Å²) in [5.41, 5.74) is -0.272. The molecule has 0 aromatic rings. The quantitative estimate of drug-likeness (QED) is 0.185. The number of hydrogen-bond donors (Lipinski definition) is 0. The van der Waals surface area contributed by atoms with E-state index in [0.29, 0.717) is 18.3 Å². The zero-order chi connectivity index (χ0) is 33.3. The zero-order valence-electron chi connectivity index (χ0n) is 29.2. The van der Waals surface area contributed by atoms with E-state index in [0.717, 1.165) is 44.9 Å². The molecule has 252 valence electrons. The Kier molecular flexibility index (Phi) is 8.60. The summed E-state index contributed by atoms with van der Waals surface area (Å²) in [5, 5.41) is 0. The Hall–Kier alpha value is -2.38. The lowest BCUT2D eigenvalue weighted by atomic mass is 9.33. The molecule has 0 aromatic carbocycles. The van der Waals surface area contributed by atoms with E-state index in [1.807, 2.05) is 6.92 Å². The molecule has 0 radical (unpaired) electrons. The number of esters is 4. The second kappa shape index (κ2) is 11.4. The van der Waals surface area contributed by atoms with Crippen molar-refractivity contribution in [3.8, 4) is 0 Å². The second-order valence-corrected chi connectivity index (χ2v) is 16.5. The standard InChI is InChI=1S/C37H56O8/c1-21-13-16-37(32(41)42-10)18-17-35(8)26(30(37)22(21)2)11-12-29-33(6)19-27(44-24(4)39)31(45-25(5)40)34(7,20-43-23(3)38)28(33)14-15-36(29,35)9/h11,21-22,27-31H,12-20H2,1-10H3/t21-,22+,27-,28-,29-,30+,31-,33+,34-,35-,36-,37+/m1/s1. The maximum atomic E-state index is 13.6. The van der Waals surface area contributed by atoms with Gasteiger partial charge in [-0.05, 0) is 97.2 Å². The van der Waals surface area contributed by atoms with Crippen LogP contribution in [0.2, 0.25) is 0 Å². The summed E-state index contributed by atoms with van der Waals surface area (Å²) in [5.74, 6) is 0.0474. The SMILES string of the molecule is COC(=O)[C@]12CC[C@@H](C)[C@H](C)[C@H]1C1=CC[C@@H]3[C@@]4(C)C[C@@H](OC(C)=O)[C@@H](OC(C)=O)[C@](C)(COC(C)=O)[C@@H]4CC[C@@]3(C)[C@]1(C)CC2. The molecule has 5 aliphatic rings. The number of rotatable bonds is 5. The highest BCUT2D eigenvalue weighted by atomic mass is 16.6. The second-order valence-electron chi connectivity index (χ2n) is 16.5. The molecule has 0 aromatic heterocycles. The number of allylic oxidation sites excluding steroid dienone is 2. The number of ether oxygens (including phenoxy) is 4. The zero-order valence-corrected chi connectivity index (χ0v) is 29.2. The average Bonchev–Trinajstić information content (AvgIpc) is 2.95. The highest BCUT2D eigenvalue weighted by molar-refractivity contribution is 5.78. The van der Waals surface area contributed by atoms with Gasteiger partial charge in [0.05, 0.1) is 12.5 Å². The maximum absolute atomic E-state index is 13.6. The average molecular weight is 629 g/mol. The molecule has 0 aliphatic heterocycles. The van der Waals surface area contributed by atoms with Crippen LogP contribution in [0.3, 0.4) is 0 Å². The van der Waals surface area contributed by atoms with E-state index in [1.165, 1.54) is 33.5 Å². The molecular weight excluding hydrogens is 572 g/mol. The molecule has 0 unspecified atom stereocenters. The van der Waals surface area contributed by atoms with Crippen LogP contribution >= 0.6 is 0 Å². The van der Waals surface area contributed by atoms with E-state index in [9.17, 15) is 19.2 Å². The highest BCUT2D eigenvalue weighted by Gasteiger charge is 2.72. The first-order valence-electron chi connectivity index (χ1n) is 17.2. The van der Waals surface area contributed by atoms with E-state index >= 15 is 0 Å². The van der Waals surface area contributed by atoms with Crippen molar-refractivity contribution in [2.75, 3.05) is 13.7 Å². The first kappa shape index (κ1) is 34.0. The van der Waals surface area contributed by atoms with Crippen LogP contribution in [0.1, 0.15) is 114 Å². The van der Waals surface area contributed by atoms with Gasteiger partial charge < -0.3 is 18.9 Å². The van der Waals surface area contributed by atoms with Gasteiger partial charge in [0, 0.05) is 26.2 Å². The first-order valence-corrected chi connectivity index (χ1v) is 17.2. The monoisotopic (exact) mass is 628 g/mol. The lowest BCUT2D eigenvalue weighted by Crippen LogP contribution is -2.69. The Bertz CT molecular complexity index is 1270. The van der Waals surface area contributed by atoms with Crippen LogP contribution in [0.25, 0.3) is 0 Å². The molecule has 4 fully saturated rings. The van der Waals surface area contributed by atoms with Crippen LogP contribution in [-0.4, -0.2) is 49.8 Å². The molecule has 0 heterocycles. The summed E-state index contributed by atoms with van der Waals surface area (Å²) in [6.45, 7) is 18.2. The van der Waals surface area contributed by atoms with Gasteiger partial charge in [0.1, 0.15) is 18.8 Å². The molecule has 5 rings (SSSR count). The minimum absolute atomic E-state index is 0.0496. The van der Waals surface area contributed by atoms with Gasteiger partial charge >= 0.3 is 23.9 Å². The van der Waals surface area contributed by atoms with Crippen molar-refractivity contribution in [1.82, 2.24) is 0 Å². The van der Waals surface area contributed by atoms with Crippen molar-refractivity contribution in [2.24, 2.45) is 56.7 Å². The first-order chi connectivity index (χ1) is 20.9. The van der Waals surface area contributed by atoms with Gasteiger partial charge in [-0.15, -0.1) is 0 Å². The van der Waals surface area contributed by atoms with E-state index in [1.54, 1.807) is 0 Å². The molecule has 0 N–H and O–H groups in total. The van der Waals surface area contributed by atoms with Crippen molar-refractivity contribution in [2.45, 2.75) is 126 Å². The molecule has 5 aliphatic carbocycles. The molecular formula is C37H56O8. The summed E-state index contributed by atoms with van der Waals surface area (Å²) in [4.78, 5) is 50.7. The summed E-state index contributed by atoms with van der Waals surface area (Å²) < 4.78 is 23.2. The van der Waals surface area contributed by atoms with Gasteiger partial charge in [-0.1, -0.05) is 53.2 Å². The van der Waals surface area contributed by atoms with E-state index in [4.69, 9.17) is 18.9 Å². The third kappa shape index (κ3) is 4.89. The van der Waals surface area contributed by atoms with Crippen LogP contribution in [0.5, 0.6) is 0 Å². The fourth-order valence-corrected chi connectivity index (χ4v) is 12.1. The molecule has 4 saturated carbocycles. The van der Waals surface area contributed by atoms with E-state index < -0.39 is 35.0 Å². The Balaban J connectivity index is 1.63. The summed E-state index contributed by atoms with van der Waals surface area (Å²) >= 11 is 0. The topological polar surface area (TPSA) is 105 Å². The third-order valence-electron chi connectivity index (χ3n) is 14.5. The van der Waals surface area contributed by atoms with Gasteiger partial charge in [0.25, 0.3) is 0 Å². The lowest BCUT2D eigenvalue weighted by Gasteiger charge is -2.71. The fourth-order valence-electron chi connectivity index (χ4n) is 12.1. The predicted octanol–water partition coefficient (Wildman–Crippen LogP) is 6.83. The molecule has 8 heteroatoms. The van der Waals surface area contributed by atoms with Crippen molar-refractivity contribution in [3.05, 3.63) is 11.6 Å². The normalized spacial score (nSPS) is 47.0. The third-order valence-corrected chi connectivity index (χ3v) is 14.5. The van der Waals surface area contributed by atoms with Crippen LogP contribution in [0, 0.1) is 56.7 Å². The minimum atomic E-state index is -0.753. The summed E-state index contributed by atoms with van der Waals surface area (Å²) in [6, 6.07) is 0. The highest BCUT2D eigenvalue weighted by Crippen LogP contribution is 2.76. The van der Waals surface area contributed by atoms with Gasteiger partial charge in [-0.25, -0.2) is 0 Å². The minimum Gasteiger partial charge on any atom is -0.469 e. The molecule has 45 heavy (non-hydrogen) atoms. The van der Waals surface area contributed by atoms with Gasteiger partial charge in [0.2, 0.25) is 0 Å². The Morgan fingerprint density at radius 3 is 2.11 bits per heavy atom. The number of hydrogen-bond acceptors (Lipinski definition) is 8. The molecule has 0 amide bonds. The Labute approximate surface area is 269 Å². The predicted molar refractivity (Wildman–Crippen MR) is 168 cm³/mol. The smallest absolute Gasteiger partial charge is 0.312 e. The molecule has 0 saturated heterocycles. The summed E-state index contributed by atoms with van der Waals surface area (Å²) in [7, 11) is 1.54. The van der Waals surface area contributed by atoms with Crippen molar-refractivity contribution < 1.29 is 38.1 Å². The summed E-state index contributed by atoms with van der Waals surface area (Å²) in [6.07, 6.45) is 8.01. The van der Waals surface area contributed by atoms with Crippen LogP contribution in [-0.2, 0) is 38.1 Å². The maximum Gasteiger partial charge on any atom is 0.312 e. The van der Waals surface area contributed by atoms with Gasteiger partial charge in [-0.3, -0.25) is 19.2 Å².